The van der Waals surface area contributed by atoms with Crippen LogP contribution in [0.25, 0.3) is 0 Å². The van der Waals surface area contributed by atoms with Crippen molar-refractivity contribution in [1.82, 2.24) is 10.2 Å². The van der Waals surface area contributed by atoms with Gasteiger partial charge in [0.1, 0.15) is 24.2 Å². The topological polar surface area (TPSA) is 96.0 Å². The van der Waals surface area contributed by atoms with Crippen LogP contribution in [0.15, 0.2) is 108 Å². The SMILES string of the molecule is COc1ccc(S(=O)(=O)N(CC(=O)N(Cc2cccc(Cl)c2)[C@H](Cc2ccccc2)C(=O)NC(C)(C)C)c2ccc(F)cc2)cc1. The molecule has 242 valence electrons. The van der Waals surface area contributed by atoms with Gasteiger partial charge in [-0.1, -0.05) is 54.1 Å². The van der Waals surface area contributed by atoms with Gasteiger partial charge >= 0.3 is 0 Å². The van der Waals surface area contributed by atoms with Crippen LogP contribution >= 0.6 is 11.6 Å². The van der Waals surface area contributed by atoms with Gasteiger partial charge in [-0.15, -0.1) is 0 Å². The number of halogens is 2. The van der Waals surface area contributed by atoms with E-state index in [-0.39, 0.29) is 23.5 Å². The number of amides is 2. The lowest BCUT2D eigenvalue weighted by Crippen LogP contribution is -2.56. The van der Waals surface area contributed by atoms with E-state index in [9.17, 15) is 22.4 Å². The summed E-state index contributed by atoms with van der Waals surface area (Å²) < 4.78 is 48.2. The fraction of sp³-hybridized carbons (Fsp3) is 0.257. The highest BCUT2D eigenvalue weighted by Crippen LogP contribution is 2.27. The minimum Gasteiger partial charge on any atom is -0.497 e. The summed E-state index contributed by atoms with van der Waals surface area (Å²) in [5.74, 6) is -1.17. The van der Waals surface area contributed by atoms with Gasteiger partial charge in [0.15, 0.2) is 0 Å². The van der Waals surface area contributed by atoms with Crippen molar-refractivity contribution < 1.29 is 27.1 Å². The van der Waals surface area contributed by atoms with Gasteiger partial charge < -0.3 is 15.0 Å². The Morgan fingerprint density at radius 1 is 0.891 bits per heavy atom. The molecule has 0 aromatic heterocycles. The Morgan fingerprint density at radius 3 is 2.11 bits per heavy atom. The first-order valence-electron chi connectivity index (χ1n) is 14.6. The van der Waals surface area contributed by atoms with Crippen LogP contribution in [0.2, 0.25) is 5.02 Å². The van der Waals surface area contributed by atoms with Gasteiger partial charge in [-0.2, -0.15) is 0 Å². The molecule has 0 saturated carbocycles. The van der Waals surface area contributed by atoms with E-state index in [0.29, 0.717) is 16.3 Å². The molecule has 0 radical (unpaired) electrons. The van der Waals surface area contributed by atoms with Crippen molar-refractivity contribution in [3.05, 3.63) is 125 Å². The number of sulfonamides is 1. The zero-order valence-electron chi connectivity index (χ0n) is 26.1. The van der Waals surface area contributed by atoms with Crippen LogP contribution in [-0.2, 0) is 32.6 Å². The smallest absolute Gasteiger partial charge is 0.264 e. The maximum Gasteiger partial charge on any atom is 0.264 e. The van der Waals surface area contributed by atoms with Gasteiger partial charge in [0.25, 0.3) is 10.0 Å². The van der Waals surface area contributed by atoms with Crippen LogP contribution in [0.1, 0.15) is 31.9 Å². The number of methoxy groups -OCH3 is 1. The average Bonchev–Trinajstić information content (AvgIpc) is 3.01. The van der Waals surface area contributed by atoms with Crippen molar-refractivity contribution in [3.63, 3.8) is 0 Å². The normalized spacial score (nSPS) is 12.2. The standard InChI is InChI=1S/C35H37ClFN3O5S/c1-35(2,3)38-34(42)32(22-25-9-6-5-7-10-25)39(23-26-11-8-12-27(36)21-26)33(41)24-40(29-15-13-28(37)14-16-29)46(43,44)31-19-17-30(45-4)18-20-31/h5-21,32H,22-24H2,1-4H3,(H,38,42)/t32-/m1/s1. The number of carbonyl (C=O) groups is 2. The maximum atomic E-state index is 14.5. The molecular weight excluding hydrogens is 629 g/mol. The summed E-state index contributed by atoms with van der Waals surface area (Å²) in [6, 6.07) is 25.7. The highest BCUT2D eigenvalue weighted by molar-refractivity contribution is 7.92. The van der Waals surface area contributed by atoms with E-state index >= 15 is 0 Å². The Bertz CT molecular complexity index is 1750. The van der Waals surface area contributed by atoms with Gasteiger partial charge in [-0.25, -0.2) is 12.8 Å². The van der Waals surface area contributed by atoms with Crippen molar-refractivity contribution >= 4 is 39.1 Å². The molecule has 4 rings (SSSR count). The summed E-state index contributed by atoms with van der Waals surface area (Å²) in [6.07, 6.45) is 0.164. The van der Waals surface area contributed by atoms with Crippen LogP contribution in [0.4, 0.5) is 10.1 Å². The summed E-state index contributed by atoms with van der Waals surface area (Å²) in [7, 11) is -2.89. The van der Waals surface area contributed by atoms with Crippen molar-refractivity contribution in [2.24, 2.45) is 0 Å². The summed E-state index contributed by atoms with van der Waals surface area (Å²) in [5, 5.41) is 3.43. The molecule has 8 nitrogen and oxygen atoms in total. The summed E-state index contributed by atoms with van der Waals surface area (Å²) in [5.41, 5.74) is 0.914. The first-order chi connectivity index (χ1) is 21.8. The number of rotatable bonds is 12. The van der Waals surface area contributed by atoms with Crippen molar-refractivity contribution in [3.8, 4) is 5.75 Å². The largest absolute Gasteiger partial charge is 0.497 e. The molecule has 1 atom stereocenters. The van der Waals surface area contributed by atoms with Gasteiger partial charge in [-0.3, -0.25) is 13.9 Å². The number of carbonyl (C=O) groups excluding carboxylic acids is 2. The Labute approximate surface area is 274 Å². The monoisotopic (exact) mass is 665 g/mol. The number of anilines is 1. The zero-order chi connectivity index (χ0) is 33.5. The van der Waals surface area contributed by atoms with E-state index in [1.807, 2.05) is 51.1 Å². The maximum absolute atomic E-state index is 14.5. The molecule has 11 heteroatoms. The van der Waals surface area contributed by atoms with E-state index in [0.717, 1.165) is 22.0 Å². The summed E-state index contributed by atoms with van der Waals surface area (Å²) >= 11 is 6.28. The van der Waals surface area contributed by atoms with Gasteiger partial charge in [0.2, 0.25) is 11.8 Å². The second kappa shape index (κ2) is 14.8. The molecule has 4 aromatic rings. The first-order valence-corrected chi connectivity index (χ1v) is 16.4. The molecule has 0 aliphatic carbocycles. The van der Waals surface area contributed by atoms with E-state index in [1.54, 1.807) is 24.3 Å². The van der Waals surface area contributed by atoms with Crippen molar-refractivity contribution in [1.29, 1.82) is 0 Å². The molecule has 0 aliphatic heterocycles. The molecule has 0 fully saturated rings. The Morgan fingerprint density at radius 2 is 1.52 bits per heavy atom. The number of ether oxygens (including phenoxy) is 1. The van der Waals surface area contributed by atoms with E-state index in [2.05, 4.69) is 5.32 Å². The molecule has 0 spiro atoms. The third-order valence-corrected chi connectivity index (χ3v) is 9.08. The molecule has 46 heavy (non-hydrogen) atoms. The van der Waals surface area contributed by atoms with Crippen LogP contribution in [0.5, 0.6) is 5.75 Å². The molecule has 0 saturated heterocycles. The van der Waals surface area contributed by atoms with Crippen LogP contribution in [0, 0.1) is 5.82 Å². The number of nitrogens with one attached hydrogen (secondary N) is 1. The van der Waals surface area contributed by atoms with Crippen LogP contribution in [-0.4, -0.2) is 50.4 Å². The molecule has 0 aliphatic rings. The van der Waals surface area contributed by atoms with E-state index < -0.39 is 45.8 Å². The predicted octanol–water partition coefficient (Wildman–Crippen LogP) is 6.24. The fourth-order valence-electron chi connectivity index (χ4n) is 4.85. The molecule has 0 bridgehead atoms. The molecule has 0 unspecified atom stereocenters. The van der Waals surface area contributed by atoms with Gasteiger partial charge in [-0.05, 0) is 92.6 Å². The van der Waals surface area contributed by atoms with Gasteiger partial charge in [0, 0.05) is 23.5 Å². The predicted molar refractivity (Wildman–Crippen MR) is 178 cm³/mol. The summed E-state index contributed by atoms with van der Waals surface area (Å²) in [6.45, 7) is 4.81. The number of benzene rings is 4. The zero-order valence-corrected chi connectivity index (χ0v) is 27.7. The quantitative estimate of drug-likeness (QED) is 0.193. The number of nitrogens with zero attached hydrogens (tertiary/aromatic N) is 2. The molecular formula is C35H37ClFN3O5S. The summed E-state index contributed by atoms with van der Waals surface area (Å²) in [4.78, 5) is 29.7. The van der Waals surface area contributed by atoms with E-state index in [1.165, 1.54) is 48.4 Å². The first kappa shape index (κ1) is 34.5. The third-order valence-electron chi connectivity index (χ3n) is 7.05. The fourth-order valence-corrected chi connectivity index (χ4v) is 6.48. The minimum atomic E-state index is -4.35. The molecule has 1 N–H and O–H groups in total. The van der Waals surface area contributed by atoms with E-state index in [4.69, 9.17) is 16.3 Å². The average molecular weight is 666 g/mol. The number of hydrogen-bond acceptors (Lipinski definition) is 5. The highest BCUT2D eigenvalue weighted by atomic mass is 35.5. The van der Waals surface area contributed by atoms with Gasteiger partial charge in [0.05, 0.1) is 17.7 Å². The molecule has 4 aromatic carbocycles. The Balaban J connectivity index is 1.81. The second-order valence-electron chi connectivity index (χ2n) is 11.8. The third kappa shape index (κ3) is 9.08. The Hall–Kier alpha value is -4.41. The van der Waals surface area contributed by atoms with Crippen molar-refractivity contribution in [2.45, 2.75) is 50.2 Å². The lowest BCUT2D eigenvalue weighted by molar-refractivity contribution is -0.140. The lowest BCUT2D eigenvalue weighted by Gasteiger charge is -2.35. The van der Waals surface area contributed by atoms with Crippen LogP contribution in [0.3, 0.4) is 0 Å². The van der Waals surface area contributed by atoms with Crippen molar-refractivity contribution in [2.75, 3.05) is 18.0 Å². The van der Waals surface area contributed by atoms with Crippen LogP contribution < -0.4 is 14.4 Å². The number of hydrogen-bond donors (Lipinski definition) is 1. The lowest BCUT2D eigenvalue weighted by atomic mass is 10.0. The Kier molecular flexibility index (Phi) is 11.1. The second-order valence-corrected chi connectivity index (χ2v) is 14.1. The highest BCUT2D eigenvalue weighted by Gasteiger charge is 2.35. The minimum absolute atomic E-state index is 0.0334. The molecule has 2 amide bonds. The molecule has 0 heterocycles.